The maximum Gasteiger partial charge on any atom is 0.339 e. The van der Waals surface area contributed by atoms with Gasteiger partial charge < -0.3 is 10.1 Å². The van der Waals surface area contributed by atoms with Crippen molar-refractivity contribution in [3.8, 4) is 6.07 Å². The van der Waals surface area contributed by atoms with E-state index in [-0.39, 0.29) is 0 Å². The zero-order chi connectivity index (χ0) is 16.6. The van der Waals surface area contributed by atoms with Gasteiger partial charge in [-0.15, -0.1) is 11.3 Å². The number of aryl methyl sites for hydroxylation is 1. The molecular weight excluding hydrogens is 312 g/mol. The number of nitriles is 1. The van der Waals surface area contributed by atoms with E-state index in [0.717, 1.165) is 16.0 Å². The van der Waals surface area contributed by atoms with Crippen molar-refractivity contribution in [2.24, 2.45) is 0 Å². The standard InChI is InChI=1S/C17H14N2O3S/c1-9-10(2)23-16(13(9)8-18)19-15(20)14-7-11-5-3-4-6-12(11)17(21)22-14/h3-6,14H,7H2,1-2H3,(H,19,20)/t14-/m1/s1. The first-order chi connectivity index (χ1) is 11.0. The van der Waals surface area contributed by atoms with Crippen molar-refractivity contribution in [2.45, 2.75) is 26.4 Å². The second-order valence-electron chi connectivity index (χ2n) is 5.34. The molecule has 0 bridgehead atoms. The number of esters is 1. The van der Waals surface area contributed by atoms with Gasteiger partial charge >= 0.3 is 5.97 Å². The smallest absolute Gasteiger partial charge is 0.339 e. The number of carbonyl (C=O) groups excluding carboxylic acids is 2. The number of rotatable bonds is 2. The molecule has 1 aromatic carbocycles. The number of nitrogens with one attached hydrogen (secondary N) is 1. The first kappa shape index (κ1) is 15.3. The molecule has 1 amide bonds. The molecule has 0 fully saturated rings. The Morgan fingerprint density at radius 2 is 2.13 bits per heavy atom. The molecule has 1 aliphatic heterocycles. The number of hydrogen-bond acceptors (Lipinski definition) is 5. The molecule has 2 aromatic rings. The highest BCUT2D eigenvalue weighted by Crippen LogP contribution is 2.32. The number of fused-ring (bicyclic) bond motifs is 1. The molecule has 116 valence electrons. The normalized spacial score (nSPS) is 16.2. The van der Waals surface area contributed by atoms with Gasteiger partial charge in [0.25, 0.3) is 5.91 Å². The van der Waals surface area contributed by atoms with Gasteiger partial charge in [-0.2, -0.15) is 5.26 Å². The summed E-state index contributed by atoms with van der Waals surface area (Å²) in [5.41, 5.74) is 2.61. The van der Waals surface area contributed by atoms with Crippen molar-refractivity contribution in [1.82, 2.24) is 0 Å². The average Bonchev–Trinajstić information content (AvgIpc) is 2.81. The highest BCUT2D eigenvalue weighted by atomic mass is 32.1. The van der Waals surface area contributed by atoms with Crippen molar-refractivity contribution < 1.29 is 14.3 Å². The van der Waals surface area contributed by atoms with Crippen LogP contribution >= 0.6 is 11.3 Å². The molecule has 2 heterocycles. The van der Waals surface area contributed by atoms with E-state index in [1.807, 2.05) is 26.0 Å². The molecule has 3 rings (SSSR count). The van der Waals surface area contributed by atoms with Crippen LogP contribution in [0.3, 0.4) is 0 Å². The van der Waals surface area contributed by atoms with Gasteiger partial charge in [0.05, 0.1) is 11.1 Å². The van der Waals surface area contributed by atoms with Crippen LogP contribution in [-0.2, 0) is 16.0 Å². The largest absolute Gasteiger partial charge is 0.448 e. The lowest BCUT2D eigenvalue weighted by atomic mass is 9.98. The second-order valence-corrected chi connectivity index (χ2v) is 6.57. The van der Waals surface area contributed by atoms with Crippen molar-refractivity contribution in [1.29, 1.82) is 5.26 Å². The summed E-state index contributed by atoms with van der Waals surface area (Å²) in [7, 11) is 0. The highest BCUT2D eigenvalue weighted by Gasteiger charge is 2.31. The lowest BCUT2D eigenvalue weighted by Crippen LogP contribution is -2.37. The molecule has 1 N–H and O–H groups in total. The van der Waals surface area contributed by atoms with Gasteiger partial charge in [-0.1, -0.05) is 18.2 Å². The zero-order valence-electron chi connectivity index (χ0n) is 12.7. The van der Waals surface area contributed by atoms with Gasteiger partial charge in [0.2, 0.25) is 0 Å². The van der Waals surface area contributed by atoms with E-state index in [9.17, 15) is 14.9 Å². The number of carbonyl (C=O) groups is 2. The van der Waals surface area contributed by atoms with Crippen LogP contribution in [0.5, 0.6) is 0 Å². The molecule has 0 radical (unpaired) electrons. The summed E-state index contributed by atoms with van der Waals surface area (Å²) in [6.45, 7) is 3.74. The molecule has 0 saturated heterocycles. The SMILES string of the molecule is Cc1sc(NC(=O)[C@H]2Cc3ccccc3C(=O)O2)c(C#N)c1C. The Morgan fingerprint density at radius 3 is 2.87 bits per heavy atom. The Balaban J connectivity index is 1.82. The number of cyclic esters (lactones) is 1. The van der Waals surface area contributed by atoms with Gasteiger partial charge in [-0.05, 0) is 31.0 Å². The number of thiophene rings is 1. The quantitative estimate of drug-likeness (QED) is 0.861. The first-order valence-electron chi connectivity index (χ1n) is 7.11. The summed E-state index contributed by atoms with van der Waals surface area (Å²) in [4.78, 5) is 25.4. The van der Waals surface area contributed by atoms with Crippen molar-refractivity contribution in [3.63, 3.8) is 0 Å². The van der Waals surface area contributed by atoms with Gasteiger partial charge in [0.15, 0.2) is 6.10 Å². The zero-order valence-corrected chi connectivity index (χ0v) is 13.5. The Kier molecular flexibility index (Phi) is 3.89. The second kappa shape index (κ2) is 5.86. The minimum absolute atomic E-state index is 0.332. The fourth-order valence-corrected chi connectivity index (χ4v) is 3.53. The van der Waals surface area contributed by atoms with Crippen LogP contribution in [-0.4, -0.2) is 18.0 Å². The number of nitrogens with zero attached hydrogens (tertiary/aromatic N) is 1. The summed E-state index contributed by atoms with van der Waals surface area (Å²) in [5, 5.41) is 12.5. The molecule has 0 spiro atoms. The Morgan fingerprint density at radius 1 is 1.39 bits per heavy atom. The summed E-state index contributed by atoms with van der Waals surface area (Å²) in [6.07, 6.45) is -0.550. The summed E-state index contributed by atoms with van der Waals surface area (Å²) in [6, 6.07) is 9.19. The molecule has 5 nitrogen and oxygen atoms in total. The third kappa shape index (κ3) is 2.71. The number of hydrogen-bond donors (Lipinski definition) is 1. The maximum atomic E-state index is 12.4. The van der Waals surface area contributed by atoms with Crippen LogP contribution in [0, 0.1) is 25.2 Å². The van der Waals surface area contributed by atoms with E-state index in [2.05, 4.69) is 11.4 Å². The molecule has 0 unspecified atom stereocenters. The van der Waals surface area contributed by atoms with Gasteiger partial charge in [-0.25, -0.2) is 4.79 Å². The fourth-order valence-electron chi connectivity index (χ4n) is 2.52. The van der Waals surface area contributed by atoms with E-state index in [4.69, 9.17) is 4.74 Å². The molecule has 0 aliphatic carbocycles. The van der Waals surface area contributed by atoms with Crippen molar-refractivity contribution in [2.75, 3.05) is 5.32 Å². The summed E-state index contributed by atoms with van der Waals surface area (Å²) in [5.74, 6) is -0.906. The monoisotopic (exact) mass is 326 g/mol. The molecule has 1 aromatic heterocycles. The molecule has 23 heavy (non-hydrogen) atoms. The van der Waals surface area contributed by atoms with Crippen LogP contribution in [0.4, 0.5) is 5.00 Å². The maximum absolute atomic E-state index is 12.4. The van der Waals surface area contributed by atoms with Crippen molar-refractivity contribution >= 4 is 28.2 Å². The van der Waals surface area contributed by atoms with E-state index < -0.39 is 18.0 Å². The van der Waals surface area contributed by atoms with Gasteiger partial charge in [-0.3, -0.25) is 4.79 Å². The van der Waals surface area contributed by atoms with Crippen LogP contribution in [0.25, 0.3) is 0 Å². The van der Waals surface area contributed by atoms with E-state index in [0.29, 0.717) is 22.5 Å². The first-order valence-corrected chi connectivity index (χ1v) is 7.92. The van der Waals surface area contributed by atoms with E-state index in [1.165, 1.54) is 11.3 Å². The average molecular weight is 326 g/mol. The summed E-state index contributed by atoms with van der Waals surface area (Å²) < 4.78 is 5.23. The predicted molar refractivity (Wildman–Crippen MR) is 86.5 cm³/mol. The molecule has 1 aliphatic rings. The number of benzene rings is 1. The fraction of sp³-hybridized carbons (Fsp3) is 0.235. The number of ether oxygens (including phenoxy) is 1. The van der Waals surface area contributed by atoms with Crippen LogP contribution in [0.1, 0.15) is 31.9 Å². The number of amides is 1. The Bertz CT molecular complexity index is 848. The highest BCUT2D eigenvalue weighted by molar-refractivity contribution is 7.16. The van der Waals surface area contributed by atoms with Crippen LogP contribution in [0.15, 0.2) is 24.3 Å². The topological polar surface area (TPSA) is 79.2 Å². The summed E-state index contributed by atoms with van der Waals surface area (Å²) >= 11 is 1.35. The van der Waals surface area contributed by atoms with E-state index in [1.54, 1.807) is 12.1 Å². The third-order valence-corrected chi connectivity index (χ3v) is 5.04. The lowest BCUT2D eigenvalue weighted by molar-refractivity contribution is -0.125. The predicted octanol–water partition coefficient (Wildman–Crippen LogP) is 2.96. The minimum Gasteiger partial charge on any atom is -0.448 e. The van der Waals surface area contributed by atoms with Crippen molar-refractivity contribution in [3.05, 3.63) is 51.4 Å². The van der Waals surface area contributed by atoms with Gasteiger partial charge in [0, 0.05) is 11.3 Å². The van der Waals surface area contributed by atoms with E-state index >= 15 is 0 Å². The molecule has 6 heteroatoms. The molecule has 1 atom stereocenters. The molecule has 0 saturated carbocycles. The van der Waals surface area contributed by atoms with Crippen LogP contribution < -0.4 is 5.32 Å². The lowest BCUT2D eigenvalue weighted by Gasteiger charge is -2.23. The molecular formula is C17H14N2O3S. The Labute approximate surface area is 137 Å². The number of anilines is 1. The Hall–Kier alpha value is -2.65. The third-order valence-electron chi connectivity index (χ3n) is 3.92. The van der Waals surface area contributed by atoms with Gasteiger partial charge in [0.1, 0.15) is 11.1 Å². The van der Waals surface area contributed by atoms with Crippen LogP contribution in [0.2, 0.25) is 0 Å². The minimum atomic E-state index is -0.883.